The van der Waals surface area contributed by atoms with Crippen LogP contribution in [0.1, 0.15) is 26.3 Å². The number of nitrogens with one attached hydrogen (secondary N) is 1. The monoisotopic (exact) mass is 289 g/mol. The minimum absolute atomic E-state index is 0.0587. The molecule has 0 atom stereocenters. The minimum atomic E-state index is 0.0587. The second-order valence-electron chi connectivity index (χ2n) is 5.82. The van der Waals surface area contributed by atoms with Crippen molar-refractivity contribution in [2.75, 3.05) is 5.32 Å². The van der Waals surface area contributed by atoms with Gasteiger partial charge in [0.25, 0.3) is 0 Å². The quantitative estimate of drug-likeness (QED) is 0.842. The number of halogens is 1. The Balaban J connectivity index is 1.94. The molecule has 0 fully saturated rings. The van der Waals surface area contributed by atoms with Gasteiger partial charge in [0.1, 0.15) is 12.4 Å². The van der Waals surface area contributed by atoms with E-state index < -0.39 is 0 Å². The van der Waals surface area contributed by atoms with Gasteiger partial charge in [0, 0.05) is 16.2 Å². The fourth-order valence-electron chi connectivity index (χ4n) is 1.86. The lowest BCUT2D eigenvalue weighted by molar-refractivity contribution is 0.306. The maximum atomic E-state index is 5.95. The van der Waals surface area contributed by atoms with E-state index in [1.807, 2.05) is 48.5 Å². The van der Waals surface area contributed by atoms with Gasteiger partial charge in [0.05, 0.1) is 0 Å². The minimum Gasteiger partial charge on any atom is -0.489 e. The third-order valence-corrected chi connectivity index (χ3v) is 2.90. The highest BCUT2D eigenvalue weighted by molar-refractivity contribution is 6.30. The molecule has 0 aliphatic rings. The zero-order valence-corrected chi connectivity index (χ0v) is 12.9. The van der Waals surface area contributed by atoms with Crippen LogP contribution in [-0.2, 0) is 6.61 Å². The molecule has 0 heterocycles. The maximum absolute atomic E-state index is 5.95. The maximum Gasteiger partial charge on any atom is 0.119 e. The molecule has 0 saturated heterocycles. The molecule has 0 bridgehead atoms. The SMILES string of the molecule is CC(C)(C)Nc1ccc(OCc2cccc(Cl)c2)cc1. The van der Waals surface area contributed by atoms with Crippen molar-refractivity contribution in [3.8, 4) is 5.75 Å². The van der Waals surface area contributed by atoms with E-state index in [0.717, 1.165) is 22.0 Å². The first-order valence-electron chi connectivity index (χ1n) is 6.68. The molecule has 2 aromatic carbocycles. The lowest BCUT2D eigenvalue weighted by Gasteiger charge is -2.22. The highest BCUT2D eigenvalue weighted by Crippen LogP contribution is 2.20. The number of ether oxygens (including phenoxy) is 1. The Bertz CT molecular complexity index is 558. The Morgan fingerprint density at radius 2 is 1.75 bits per heavy atom. The van der Waals surface area contributed by atoms with Gasteiger partial charge in [-0.2, -0.15) is 0 Å². The van der Waals surface area contributed by atoms with Crippen LogP contribution < -0.4 is 10.1 Å². The summed E-state index contributed by atoms with van der Waals surface area (Å²) in [5.74, 6) is 0.851. The van der Waals surface area contributed by atoms with Crippen LogP contribution in [0, 0.1) is 0 Å². The van der Waals surface area contributed by atoms with Gasteiger partial charge in [-0.3, -0.25) is 0 Å². The Hall–Kier alpha value is -1.67. The smallest absolute Gasteiger partial charge is 0.119 e. The first-order chi connectivity index (χ1) is 9.42. The van der Waals surface area contributed by atoms with E-state index in [9.17, 15) is 0 Å². The third-order valence-electron chi connectivity index (χ3n) is 2.67. The van der Waals surface area contributed by atoms with Gasteiger partial charge in [-0.15, -0.1) is 0 Å². The zero-order chi connectivity index (χ0) is 14.6. The molecule has 0 spiro atoms. The second-order valence-corrected chi connectivity index (χ2v) is 6.25. The predicted molar refractivity (Wildman–Crippen MR) is 85.6 cm³/mol. The van der Waals surface area contributed by atoms with Crippen molar-refractivity contribution in [2.45, 2.75) is 32.9 Å². The Morgan fingerprint density at radius 1 is 1.05 bits per heavy atom. The largest absolute Gasteiger partial charge is 0.489 e. The molecule has 3 heteroatoms. The average molecular weight is 290 g/mol. The number of benzene rings is 2. The summed E-state index contributed by atoms with van der Waals surface area (Å²) in [6.07, 6.45) is 0. The number of hydrogen-bond donors (Lipinski definition) is 1. The molecule has 2 rings (SSSR count). The van der Waals surface area contributed by atoms with E-state index in [1.54, 1.807) is 0 Å². The van der Waals surface area contributed by atoms with Crippen molar-refractivity contribution < 1.29 is 4.74 Å². The van der Waals surface area contributed by atoms with Crippen molar-refractivity contribution in [3.63, 3.8) is 0 Å². The van der Waals surface area contributed by atoms with E-state index in [1.165, 1.54) is 0 Å². The predicted octanol–water partition coefficient (Wildman–Crippen LogP) is 5.13. The summed E-state index contributed by atoms with van der Waals surface area (Å²) in [7, 11) is 0. The topological polar surface area (TPSA) is 21.3 Å². The van der Waals surface area contributed by atoms with Gasteiger partial charge in [-0.1, -0.05) is 23.7 Å². The van der Waals surface area contributed by atoms with Crippen molar-refractivity contribution in [1.82, 2.24) is 0 Å². The molecule has 0 saturated carbocycles. The van der Waals surface area contributed by atoms with Crippen molar-refractivity contribution >= 4 is 17.3 Å². The molecule has 0 radical (unpaired) electrons. The normalized spacial score (nSPS) is 11.2. The van der Waals surface area contributed by atoms with Crippen LogP contribution in [0.2, 0.25) is 5.02 Å². The summed E-state index contributed by atoms with van der Waals surface area (Å²) in [5.41, 5.74) is 2.21. The number of hydrogen-bond acceptors (Lipinski definition) is 2. The van der Waals surface area contributed by atoms with Gasteiger partial charge in [-0.25, -0.2) is 0 Å². The molecular formula is C17H20ClNO. The van der Waals surface area contributed by atoms with Crippen LogP contribution in [0.5, 0.6) is 5.75 Å². The molecule has 0 unspecified atom stereocenters. The van der Waals surface area contributed by atoms with Gasteiger partial charge in [0.2, 0.25) is 0 Å². The zero-order valence-electron chi connectivity index (χ0n) is 12.1. The summed E-state index contributed by atoms with van der Waals surface area (Å²) in [5, 5.41) is 4.15. The lowest BCUT2D eigenvalue weighted by atomic mass is 10.1. The molecule has 106 valence electrons. The summed E-state index contributed by atoms with van der Waals surface area (Å²) in [6, 6.07) is 15.7. The molecule has 0 aliphatic carbocycles. The van der Waals surface area contributed by atoms with E-state index in [4.69, 9.17) is 16.3 Å². The van der Waals surface area contributed by atoms with Crippen LogP contribution in [-0.4, -0.2) is 5.54 Å². The molecular weight excluding hydrogens is 270 g/mol. The van der Waals surface area contributed by atoms with E-state index in [0.29, 0.717) is 6.61 Å². The summed E-state index contributed by atoms with van der Waals surface area (Å²) >= 11 is 5.95. The molecule has 2 aromatic rings. The second kappa shape index (κ2) is 6.19. The van der Waals surface area contributed by atoms with Crippen LogP contribution in [0.3, 0.4) is 0 Å². The molecule has 20 heavy (non-hydrogen) atoms. The highest BCUT2D eigenvalue weighted by Gasteiger charge is 2.08. The fraction of sp³-hybridized carbons (Fsp3) is 0.294. The third kappa shape index (κ3) is 4.78. The van der Waals surface area contributed by atoms with E-state index >= 15 is 0 Å². The van der Waals surface area contributed by atoms with Gasteiger partial charge >= 0.3 is 0 Å². The molecule has 0 amide bonds. The highest BCUT2D eigenvalue weighted by atomic mass is 35.5. The van der Waals surface area contributed by atoms with Crippen LogP contribution >= 0.6 is 11.6 Å². The molecule has 1 N–H and O–H groups in total. The number of anilines is 1. The Morgan fingerprint density at radius 3 is 2.35 bits per heavy atom. The van der Waals surface area contributed by atoms with Crippen LogP contribution in [0.4, 0.5) is 5.69 Å². The van der Waals surface area contributed by atoms with Crippen molar-refractivity contribution in [3.05, 3.63) is 59.1 Å². The van der Waals surface area contributed by atoms with Gasteiger partial charge in [0.15, 0.2) is 0 Å². The molecule has 2 nitrogen and oxygen atoms in total. The van der Waals surface area contributed by atoms with Crippen molar-refractivity contribution in [1.29, 1.82) is 0 Å². The van der Waals surface area contributed by atoms with Crippen LogP contribution in [0.25, 0.3) is 0 Å². The Labute approximate surface area is 125 Å². The van der Waals surface area contributed by atoms with E-state index in [-0.39, 0.29) is 5.54 Å². The van der Waals surface area contributed by atoms with E-state index in [2.05, 4.69) is 26.1 Å². The fourth-order valence-corrected chi connectivity index (χ4v) is 2.07. The average Bonchev–Trinajstić information content (AvgIpc) is 2.36. The standard InChI is InChI=1S/C17H20ClNO/c1-17(2,3)19-15-7-9-16(10-8-15)20-12-13-5-4-6-14(18)11-13/h4-11,19H,12H2,1-3H3. The Kier molecular flexibility index (Phi) is 4.56. The summed E-state index contributed by atoms with van der Waals surface area (Å²) < 4.78 is 5.75. The lowest BCUT2D eigenvalue weighted by Crippen LogP contribution is -2.25. The first kappa shape index (κ1) is 14.7. The first-order valence-corrected chi connectivity index (χ1v) is 7.06. The number of rotatable bonds is 4. The summed E-state index contributed by atoms with van der Waals surface area (Å²) in [4.78, 5) is 0. The van der Waals surface area contributed by atoms with Gasteiger partial charge in [-0.05, 0) is 62.7 Å². The summed E-state index contributed by atoms with van der Waals surface area (Å²) in [6.45, 7) is 6.93. The van der Waals surface area contributed by atoms with Gasteiger partial charge < -0.3 is 10.1 Å². The molecule has 0 aliphatic heterocycles. The molecule has 0 aromatic heterocycles. The van der Waals surface area contributed by atoms with Crippen LogP contribution in [0.15, 0.2) is 48.5 Å². The van der Waals surface area contributed by atoms with Crippen molar-refractivity contribution in [2.24, 2.45) is 0 Å².